The number of rotatable bonds is 7. The van der Waals surface area contributed by atoms with Gasteiger partial charge in [0.1, 0.15) is 18.4 Å². The molecule has 4 aliphatic rings. The molecule has 2 atom stereocenters. The van der Waals surface area contributed by atoms with Gasteiger partial charge in [-0.15, -0.1) is 0 Å². The van der Waals surface area contributed by atoms with Gasteiger partial charge in [-0.1, -0.05) is 30.7 Å². The van der Waals surface area contributed by atoms with E-state index in [4.69, 9.17) is 4.74 Å². The first-order valence-electron chi connectivity index (χ1n) is 15.1. The fraction of sp³-hybridized carbons (Fsp3) is 0.500. The van der Waals surface area contributed by atoms with Crippen LogP contribution in [0, 0.1) is 0 Å². The highest BCUT2D eigenvalue weighted by atomic mass is 16.5. The topological polar surface area (TPSA) is 119 Å². The van der Waals surface area contributed by atoms with Crippen LogP contribution in [-0.2, 0) is 22.7 Å². The normalized spacial score (nSPS) is 23.6. The molecule has 10 heteroatoms. The highest BCUT2D eigenvalue weighted by Gasteiger charge is 2.39. The average molecular weight is 575 g/mol. The molecule has 222 valence electrons. The van der Waals surface area contributed by atoms with Gasteiger partial charge in [-0.25, -0.2) is 4.79 Å². The monoisotopic (exact) mass is 574 g/mol. The third kappa shape index (κ3) is 5.99. The summed E-state index contributed by atoms with van der Waals surface area (Å²) in [5.74, 6) is 0.248. The number of carbonyl (C=O) groups excluding carboxylic acids is 3. The number of fused-ring (bicyclic) bond motifs is 1. The molecule has 42 heavy (non-hydrogen) atoms. The van der Waals surface area contributed by atoms with Gasteiger partial charge in [0, 0.05) is 44.2 Å². The first-order chi connectivity index (χ1) is 20.4. The lowest BCUT2D eigenvalue weighted by Crippen LogP contribution is -2.52. The van der Waals surface area contributed by atoms with Gasteiger partial charge < -0.3 is 19.6 Å². The highest BCUT2D eigenvalue weighted by molar-refractivity contribution is 6.05. The van der Waals surface area contributed by atoms with Crippen molar-refractivity contribution >= 4 is 23.8 Å². The van der Waals surface area contributed by atoms with E-state index < -0.39 is 18.0 Å². The number of amides is 4. The van der Waals surface area contributed by atoms with Crippen LogP contribution in [0.4, 0.5) is 4.79 Å². The van der Waals surface area contributed by atoms with Crippen molar-refractivity contribution in [3.8, 4) is 5.75 Å². The van der Waals surface area contributed by atoms with E-state index >= 15 is 0 Å². The number of nitrogens with zero attached hydrogens (tertiary/aromatic N) is 3. The molecule has 0 radical (unpaired) electrons. The second kappa shape index (κ2) is 12.1. The zero-order chi connectivity index (χ0) is 29.2. The standard InChI is InChI=1S/C32H38N4O6/c37-29-11-10-28(30(38)33-29)36-19-24-17-26(8-9-27(24)31(36)39)42-20-25-3-1-2-14-35(25)18-21-4-6-22(7-5-21)23-12-15-34(16-13-23)32(40)41/h4-9,17,23,25,28H,1-3,10-16,18-20H2,(H,40,41)(H,33,37,38)/t25-,28?/m1/s1. The maximum atomic E-state index is 13.0. The molecule has 2 aromatic carbocycles. The van der Waals surface area contributed by atoms with Crippen molar-refractivity contribution in [1.82, 2.24) is 20.0 Å². The summed E-state index contributed by atoms with van der Waals surface area (Å²) in [6.07, 6.45) is 4.87. The van der Waals surface area contributed by atoms with Gasteiger partial charge in [0.2, 0.25) is 11.8 Å². The van der Waals surface area contributed by atoms with Crippen LogP contribution in [0.15, 0.2) is 42.5 Å². The third-order valence-corrected chi connectivity index (χ3v) is 9.29. The quantitative estimate of drug-likeness (QED) is 0.484. The predicted octanol–water partition coefficient (Wildman–Crippen LogP) is 3.74. The van der Waals surface area contributed by atoms with Crippen molar-refractivity contribution in [3.05, 3.63) is 64.7 Å². The fourth-order valence-corrected chi connectivity index (χ4v) is 6.82. The Morgan fingerprint density at radius 1 is 0.952 bits per heavy atom. The molecule has 0 spiro atoms. The number of hydrogen-bond donors (Lipinski definition) is 2. The molecule has 6 rings (SSSR count). The second-order valence-corrected chi connectivity index (χ2v) is 11.9. The molecule has 4 amide bonds. The Hall–Kier alpha value is -3.92. The second-order valence-electron chi connectivity index (χ2n) is 11.9. The smallest absolute Gasteiger partial charge is 0.407 e. The number of imide groups is 1. The summed E-state index contributed by atoms with van der Waals surface area (Å²) >= 11 is 0. The number of hydrogen-bond acceptors (Lipinski definition) is 6. The lowest BCUT2D eigenvalue weighted by molar-refractivity contribution is -0.136. The van der Waals surface area contributed by atoms with Gasteiger partial charge in [-0.2, -0.15) is 0 Å². The largest absolute Gasteiger partial charge is 0.492 e. The summed E-state index contributed by atoms with van der Waals surface area (Å²) in [6.45, 7) is 3.95. The molecular weight excluding hydrogens is 536 g/mol. The van der Waals surface area contributed by atoms with Gasteiger partial charge in [0.25, 0.3) is 5.91 Å². The van der Waals surface area contributed by atoms with Gasteiger partial charge in [-0.3, -0.25) is 24.6 Å². The van der Waals surface area contributed by atoms with E-state index in [1.54, 1.807) is 11.0 Å². The van der Waals surface area contributed by atoms with E-state index in [1.807, 2.05) is 12.1 Å². The SMILES string of the molecule is O=C1CCC(N2Cc3cc(OC[C@H]4CCCCN4Cc4ccc(C5CCN(C(=O)O)CC5)cc4)ccc3C2=O)C(=O)N1. The highest BCUT2D eigenvalue weighted by Crippen LogP contribution is 2.31. The Labute approximate surface area is 245 Å². The van der Waals surface area contributed by atoms with Crippen LogP contribution in [0.25, 0.3) is 0 Å². The Kier molecular flexibility index (Phi) is 8.15. The molecule has 0 bridgehead atoms. The van der Waals surface area contributed by atoms with Crippen LogP contribution < -0.4 is 10.1 Å². The molecule has 3 saturated heterocycles. The average Bonchev–Trinajstić information content (AvgIpc) is 3.32. The van der Waals surface area contributed by atoms with Crippen molar-refractivity contribution in [2.24, 2.45) is 0 Å². The van der Waals surface area contributed by atoms with Gasteiger partial charge in [-0.05, 0) is 79.5 Å². The van der Waals surface area contributed by atoms with Crippen LogP contribution in [0.3, 0.4) is 0 Å². The molecule has 2 N–H and O–H groups in total. The summed E-state index contributed by atoms with van der Waals surface area (Å²) in [5.41, 5.74) is 3.98. The van der Waals surface area contributed by atoms with E-state index in [0.29, 0.717) is 44.1 Å². The zero-order valence-corrected chi connectivity index (χ0v) is 23.8. The molecule has 4 heterocycles. The molecule has 0 saturated carbocycles. The van der Waals surface area contributed by atoms with Crippen LogP contribution in [0.1, 0.15) is 77.9 Å². The molecule has 4 aliphatic heterocycles. The molecule has 3 fully saturated rings. The lowest BCUT2D eigenvalue weighted by Gasteiger charge is -2.35. The van der Waals surface area contributed by atoms with E-state index in [0.717, 1.165) is 56.5 Å². The first kappa shape index (κ1) is 28.2. The molecule has 0 aromatic heterocycles. The minimum atomic E-state index is -0.827. The molecule has 1 unspecified atom stereocenters. The van der Waals surface area contributed by atoms with E-state index in [1.165, 1.54) is 16.0 Å². The maximum absolute atomic E-state index is 13.0. The third-order valence-electron chi connectivity index (χ3n) is 9.29. The van der Waals surface area contributed by atoms with Crippen molar-refractivity contribution in [2.75, 3.05) is 26.2 Å². The predicted molar refractivity (Wildman–Crippen MR) is 154 cm³/mol. The van der Waals surface area contributed by atoms with Crippen LogP contribution in [-0.4, -0.2) is 81.9 Å². The van der Waals surface area contributed by atoms with Crippen molar-refractivity contribution in [3.63, 3.8) is 0 Å². The minimum Gasteiger partial charge on any atom is -0.492 e. The minimum absolute atomic E-state index is 0.179. The molecule has 10 nitrogen and oxygen atoms in total. The Bertz CT molecular complexity index is 1350. The van der Waals surface area contributed by atoms with Crippen LogP contribution in [0.2, 0.25) is 0 Å². The number of benzene rings is 2. The Balaban J connectivity index is 1.04. The number of likely N-dealkylation sites (tertiary alicyclic amines) is 2. The summed E-state index contributed by atoms with van der Waals surface area (Å²) in [4.78, 5) is 53.6. The van der Waals surface area contributed by atoms with Gasteiger partial charge in [0.15, 0.2) is 0 Å². The number of carbonyl (C=O) groups is 4. The zero-order valence-electron chi connectivity index (χ0n) is 23.8. The lowest BCUT2D eigenvalue weighted by atomic mass is 9.89. The summed E-state index contributed by atoms with van der Waals surface area (Å²) in [5, 5.41) is 11.5. The number of nitrogens with one attached hydrogen (secondary N) is 1. The Morgan fingerprint density at radius 2 is 1.74 bits per heavy atom. The molecule has 2 aromatic rings. The number of piperidine rings is 3. The van der Waals surface area contributed by atoms with E-state index in [-0.39, 0.29) is 24.3 Å². The van der Waals surface area contributed by atoms with Crippen molar-refractivity contribution in [2.45, 2.75) is 76.0 Å². The van der Waals surface area contributed by atoms with E-state index in [9.17, 15) is 24.3 Å². The van der Waals surface area contributed by atoms with Crippen LogP contribution in [0.5, 0.6) is 5.75 Å². The first-order valence-corrected chi connectivity index (χ1v) is 15.1. The molecule has 0 aliphatic carbocycles. The number of ether oxygens (including phenoxy) is 1. The maximum Gasteiger partial charge on any atom is 0.407 e. The Morgan fingerprint density at radius 3 is 2.48 bits per heavy atom. The van der Waals surface area contributed by atoms with Crippen molar-refractivity contribution < 1.29 is 29.0 Å². The summed E-state index contributed by atoms with van der Waals surface area (Å²) in [7, 11) is 0. The molecular formula is C32H38N4O6. The van der Waals surface area contributed by atoms with Crippen molar-refractivity contribution in [1.29, 1.82) is 0 Å². The fourth-order valence-electron chi connectivity index (χ4n) is 6.82. The van der Waals surface area contributed by atoms with Crippen LogP contribution >= 0.6 is 0 Å². The van der Waals surface area contributed by atoms with Gasteiger partial charge >= 0.3 is 6.09 Å². The van der Waals surface area contributed by atoms with E-state index in [2.05, 4.69) is 34.5 Å². The summed E-state index contributed by atoms with van der Waals surface area (Å²) in [6, 6.07) is 14.0. The van der Waals surface area contributed by atoms with Gasteiger partial charge in [0.05, 0.1) is 0 Å². The number of carboxylic acid groups (broad SMARTS) is 1. The summed E-state index contributed by atoms with van der Waals surface area (Å²) < 4.78 is 6.27.